The number of nitrogens with one attached hydrogen (secondary N) is 1. The Balaban J connectivity index is 3.83. The van der Waals surface area contributed by atoms with Crippen LogP contribution in [0, 0.1) is 11.3 Å². The standard InChI is InChI=1S/C10H23N/c1-6-7-9(2)10(3,4)8-11-5/h9,11H,6-8H2,1-5H3. The van der Waals surface area contributed by atoms with Gasteiger partial charge in [0.2, 0.25) is 0 Å². The zero-order valence-electron chi connectivity index (χ0n) is 8.70. The van der Waals surface area contributed by atoms with E-state index in [0.29, 0.717) is 5.41 Å². The van der Waals surface area contributed by atoms with E-state index in [2.05, 4.69) is 33.0 Å². The molecule has 68 valence electrons. The van der Waals surface area contributed by atoms with E-state index in [1.165, 1.54) is 12.8 Å². The summed E-state index contributed by atoms with van der Waals surface area (Å²) in [6.07, 6.45) is 2.64. The van der Waals surface area contributed by atoms with Crippen molar-refractivity contribution < 1.29 is 0 Å². The topological polar surface area (TPSA) is 12.0 Å². The Morgan fingerprint density at radius 3 is 2.27 bits per heavy atom. The Morgan fingerprint density at radius 2 is 1.91 bits per heavy atom. The summed E-state index contributed by atoms with van der Waals surface area (Å²) < 4.78 is 0. The molecule has 0 amide bonds. The number of hydrogen-bond donors (Lipinski definition) is 1. The first-order chi connectivity index (χ1) is 5.04. The smallest absolute Gasteiger partial charge is 0.000206 e. The minimum absolute atomic E-state index is 0.449. The third-order valence-electron chi connectivity index (χ3n) is 2.69. The van der Waals surface area contributed by atoms with Crippen LogP contribution in [0.2, 0.25) is 0 Å². The number of hydrogen-bond acceptors (Lipinski definition) is 1. The summed E-state index contributed by atoms with van der Waals surface area (Å²) in [6, 6.07) is 0. The maximum Gasteiger partial charge on any atom is 0.000206 e. The van der Waals surface area contributed by atoms with Crippen LogP contribution < -0.4 is 5.32 Å². The molecule has 0 aromatic rings. The molecule has 0 radical (unpaired) electrons. The van der Waals surface area contributed by atoms with Gasteiger partial charge in [-0.15, -0.1) is 0 Å². The Morgan fingerprint density at radius 1 is 1.36 bits per heavy atom. The minimum Gasteiger partial charge on any atom is -0.319 e. The van der Waals surface area contributed by atoms with Crippen LogP contribution in [0.1, 0.15) is 40.5 Å². The van der Waals surface area contributed by atoms with Crippen LogP contribution in [0.4, 0.5) is 0 Å². The van der Waals surface area contributed by atoms with Crippen LogP contribution in [0.15, 0.2) is 0 Å². The molecule has 1 atom stereocenters. The van der Waals surface area contributed by atoms with Gasteiger partial charge in [-0.2, -0.15) is 0 Å². The van der Waals surface area contributed by atoms with Gasteiger partial charge in [0.1, 0.15) is 0 Å². The summed E-state index contributed by atoms with van der Waals surface area (Å²) >= 11 is 0. The summed E-state index contributed by atoms with van der Waals surface area (Å²) in [6.45, 7) is 10.4. The van der Waals surface area contributed by atoms with Gasteiger partial charge >= 0.3 is 0 Å². The molecule has 0 heterocycles. The monoisotopic (exact) mass is 157 g/mol. The minimum atomic E-state index is 0.449. The first-order valence-electron chi connectivity index (χ1n) is 4.69. The highest BCUT2D eigenvalue weighted by molar-refractivity contribution is 4.76. The van der Waals surface area contributed by atoms with E-state index in [1.54, 1.807) is 0 Å². The molecule has 1 N–H and O–H groups in total. The maximum atomic E-state index is 3.25. The van der Waals surface area contributed by atoms with E-state index in [4.69, 9.17) is 0 Å². The van der Waals surface area contributed by atoms with Crippen molar-refractivity contribution in [3.63, 3.8) is 0 Å². The quantitative estimate of drug-likeness (QED) is 0.647. The second-order valence-electron chi connectivity index (χ2n) is 4.21. The zero-order chi connectivity index (χ0) is 8.91. The van der Waals surface area contributed by atoms with Gasteiger partial charge in [-0.25, -0.2) is 0 Å². The van der Waals surface area contributed by atoms with Gasteiger partial charge in [0.15, 0.2) is 0 Å². The highest BCUT2D eigenvalue weighted by atomic mass is 14.8. The van der Waals surface area contributed by atoms with Gasteiger partial charge < -0.3 is 5.32 Å². The molecule has 0 aliphatic carbocycles. The van der Waals surface area contributed by atoms with Gasteiger partial charge in [0.25, 0.3) is 0 Å². The van der Waals surface area contributed by atoms with Crippen molar-refractivity contribution in [3.8, 4) is 0 Å². The maximum absolute atomic E-state index is 3.25. The number of rotatable bonds is 5. The Bertz CT molecular complexity index is 97.0. The molecular weight excluding hydrogens is 134 g/mol. The molecule has 0 aliphatic rings. The summed E-state index contributed by atoms with van der Waals surface area (Å²) in [7, 11) is 2.03. The lowest BCUT2D eigenvalue weighted by atomic mass is 9.77. The Kier molecular flexibility index (Phi) is 4.74. The van der Waals surface area contributed by atoms with Gasteiger partial charge in [-0.05, 0) is 18.4 Å². The predicted molar refractivity (Wildman–Crippen MR) is 51.8 cm³/mol. The molecule has 0 aliphatic heterocycles. The van der Waals surface area contributed by atoms with E-state index in [1.807, 2.05) is 7.05 Å². The fourth-order valence-electron chi connectivity index (χ4n) is 1.45. The fraction of sp³-hybridized carbons (Fsp3) is 1.00. The van der Waals surface area contributed by atoms with Crippen molar-refractivity contribution in [2.45, 2.75) is 40.5 Å². The summed E-state index contributed by atoms with van der Waals surface area (Å²) in [5.74, 6) is 0.819. The molecule has 0 saturated heterocycles. The van der Waals surface area contributed by atoms with E-state index in [0.717, 1.165) is 12.5 Å². The van der Waals surface area contributed by atoms with Crippen LogP contribution in [0.25, 0.3) is 0 Å². The van der Waals surface area contributed by atoms with Crippen molar-refractivity contribution in [3.05, 3.63) is 0 Å². The van der Waals surface area contributed by atoms with Crippen LogP contribution in [0.5, 0.6) is 0 Å². The lowest BCUT2D eigenvalue weighted by Gasteiger charge is -2.31. The molecule has 1 nitrogen and oxygen atoms in total. The van der Waals surface area contributed by atoms with E-state index in [9.17, 15) is 0 Å². The molecule has 0 rings (SSSR count). The molecule has 0 bridgehead atoms. The van der Waals surface area contributed by atoms with Crippen molar-refractivity contribution in [1.82, 2.24) is 5.32 Å². The lowest BCUT2D eigenvalue weighted by molar-refractivity contribution is 0.213. The molecule has 0 fully saturated rings. The first-order valence-corrected chi connectivity index (χ1v) is 4.69. The zero-order valence-corrected chi connectivity index (χ0v) is 8.70. The van der Waals surface area contributed by atoms with Crippen molar-refractivity contribution >= 4 is 0 Å². The summed E-state index contributed by atoms with van der Waals surface area (Å²) in [5, 5.41) is 3.25. The molecule has 1 unspecified atom stereocenters. The second-order valence-corrected chi connectivity index (χ2v) is 4.21. The fourth-order valence-corrected chi connectivity index (χ4v) is 1.45. The van der Waals surface area contributed by atoms with Crippen molar-refractivity contribution in [1.29, 1.82) is 0 Å². The highest BCUT2D eigenvalue weighted by Crippen LogP contribution is 2.28. The normalized spacial score (nSPS) is 15.0. The molecule has 0 aromatic heterocycles. The molecule has 0 saturated carbocycles. The molecule has 1 heteroatoms. The SMILES string of the molecule is CCCC(C)C(C)(C)CNC. The van der Waals surface area contributed by atoms with E-state index >= 15 is 0 Å². The Labute approximate surface area is 71.6 Å². The van der Waals surface area contributed by atoms with Gasteiger partial charge in [0, 0.05) is 6.54 Å². The molecule has 0 aromatic carbocycles. The molecule has 0 spiro atoms. The van der Waals surface area contributed by atoms with Crippen LogP contribution in [0.3, 0.4) is 0 Å². The highest BCUT2D eigenvalue weighted by Gasteiger charge is 2.23. The lowest BCUT2D eigenvalue weighted by Crippen LogP contribution is -2.32. The predicted octanol–water partition coefficient (Wildman–Crippen LogP) is 2.67. The third kappa shape index (κ3) is 3.76. The van der Waals surface area contributed by atoms with Gasteiger partial charge in [-0.1, -0.05) is 40.5 Å². The van der Waals surface area contributed by atoms with Crippen molar-refractivity contribution in [2.75, 3.05) is 13.6 Å². The van der Waals surface area contributed by atoms with Crippen LogP contribution in [-0.2, 0) is 0 Å². The largest absolute Gasteiger partial charge is 0.319 e. The average Bonchev–Trinajstić information content (AvgIpc) is 1.88. The average molecular weight is 157 g/mol. The summed E-state index contributed by atoms with van der Waals surface area (Å²) in [5.41, 5.74) is 0.449. The third-order valence-corrected chi connectivity index (χ3v) is 2.69. The van der Waals surface area contributed by atoms with E-state index < -0.39 is 0 Å². The molecule has 11 heavy (non-hydrogen) atoms. The first kappa shape index (κ1) is 11.0. The van der Waals surface area contributed by atoms with Gasteiger partial charge in [0.05, 0.1) is 0 Å². The Hall–Kier alpha value is -0.0400. The van der Waals surface area contributed by atoms with Crippen LogP contribution in [-0.4, -0.2) is 13.6 Å². The van der Waals surface area contributed by atoms with Gasteiger partial charge in [-0.3, -0.25) is 0 Å². The van der Waals surface area contributed by atoms with Crippen LogP contribution >= 0.6 is 0 Å². The second kappa shape index (κ2) is 4.76. The van der Waals surface area contributed by atoms with E-state index in [-0.39, 0.29) is 0 Å². The van der Waals surface area contributed by atoms with Crippen molar-refractivity contribution in [2.24, 2.45) is 11.3 Å². The molecular formula is C10H23N. The summed E-state index contributed by atoms with van der Waals surface area (Å²) in [4.78, 5) is 0.